The summed E-state index contributed by atoms with van der Waals surface area (Å²) < 4.78 is 21.7. The minimum absolute atomic E-state index is 0.0495. The van der Waals surface area contributed by atoms with E-state index in [1.165, 1.54) is 11.1 Å². The van der Waals surface area contributed by atoms with Crippen LogP contribution < -0.4 is 4.74 Å². The molecule has 1 aliphatic heterocycles. The molecule has 25 heavy (non-hydrogen) atoms. The number of rotatable bonds is 9. The van der Waals surface area contributed by atoms with Gasteiger partial charge < -0.3 is 18.9 Å². The van der Waals surface area contributed by atoms with E-state index >= 15 is 0 Å². The molecule has 0 bridgehead atoms. The molecule has 0 radical (unpaired) electrons. The van der Waals surface area contributed by atoms with E-state index in [2.05, 4.69) is 44.2 Å². The Hall–Kier alpha value is -1.62. The first kappa shape index (κ1) is 18.2. The zero-order chi connectivity index (χ0) is 17.7. The Morgan fingerprint density at radius 3 is 2.52 bits per heavy atom. The van der Waals surface area contributed by atoms with Gasteiger partial charge >= 0.3 is 0 Å². The van der Waals surface area contributed by atoms with Crippen molar-refractivity contribution in [1.82, 2.24) is 0 Å². The van der Waals surface area contributed by atoms with Crippen molar-refractivity contribution in [2.24, 2.45) is 0 Å². The van der Waals surface area contributed by atoms with E-state index in [4.69, 9.17) is 18.9 Å². The van der Waals surface area contributed by atoms with Crippen LogP contribution in [0.4, 0.5) is 0 Å². The van der Waals surface area contributed by atoms with Crippen molar-refractivity contribution in [2.75, 3.05) is 33.5 Å². The maximum absolute atomic E-state index is 5.77. The summed E-state index contributed by atoms with van der Waals surface area (Å²) in [5.74, 6) is 0.898. The molecule has 2 aliphatic rings. The number of hydrogen-bond acceptors (Lipinski definition) is 4. The predicted molar refractivity (Wildman–Crippen MR) is 98.2 cm³/mol. The van der Waals surface area contributed by atoms with Crippen LogP contribution in [0.25, 0.3) is 0 Å². The van der Waals surface area contributed by atoms with Crippen LogP contribution in [0, 0.1) is 0 Å². The number of epoxide rings is 1. The molecule has 136 valence electrons. The maximum Gasteiger partial charge on any atom is 0.119 e. The van der Waals surface area contributed by atoms with Gasteiger partial charge in [-0.25, -0.2) is 0 Å². The lowest BCUT2D eigenvalue weighted by Crippen LogP contribution is -2.23. The summed E-state index contributed by atoms with van der Waals surface area (Å²) in [5, 5.41) is 0. The average molecular weight is 344 g/mol. The van der Waals surface area contributed by atoms with E-state index in [0.717, 1.165) is 18.8 Å². The molecule has 1 heterocycles. The molecule has 0 saturated carbocycles. The molecule has 0 spiro atoms. The summed E-state index contributed by atoms with van der Waals surface area (Å²) in [6.45, 7) is 7.23. The van der Waals surface area contributed by atoms with Crippen molar-refractivity contribution in [1.29, 1.82) is 0 Å². The van der Waals surface area contributed by atoms with Crippen molar-refractivity contribution in [3.05, 3.63) is 53.6 Å². The van der Waals surface area contributed by atoms with Crippen LogP contribution in [-0.4, -0.2) is 45.7 Å². The fourth-order valence-electron chi connectivity index (χ4n) is 2.96. The lowest BCUT2D eigenvalue weighted by molar-refractivity contribution is 0.0402. The van der Waals surface area contributed by atoms with Gasteiger partial charge in [0.15, 0.2) is 0 Å². The monoisotopic (exact) mass is 344 g/mol. The molecule has 4 heteroatoms. The van der Waals surface area contributed by atoms with Gasteiger partial charge in [0.05, 0.1) is 25.9 Å². The van der Waals surface area contributed by atoms with Gasteiger partial charge in [0, 0.05) is 12.5 Å². The van der Waals surface area contributed by atoms with E-state index in [1.807, 2.05) is 12.1 Å². The van der Waals surface area contributed by atoms with E-state index in [0.29, 0.717) is 19.8 Å². The van der Waals surface area contributed by atoms with Crippen LogP contribution in [0.3, 0.4) is 0 Å². The largest absolute Gasteiger partial charge is 0.491 e. The molecule has 1 aromatic carbocycles. The fraction of sp³-hybridized carbons (Fsp3) is 0.524. The number of benzene rings is 1. The standard InChI is InChI=1S/C21H28O4/c1-21(2,16-4-8-18(9-5-16)23-13-12-22-3)17-6-10-19(11-7-17)24-14-20-15-25-20/h4-8,10-11,18,20H,9,12-15H2,1-3H3. The summed E-state index contributed by atoms with van der Waals surface area (Å²) >= 11 is 0. The quantitative estimate of drug-likeness (QED) is 0.506. The molecule has 1 aliphatic carbocycles. The lowest BCUT2D eigenvalue weighted by atomic mass is 9.75. The summed E-state index contributed by atoms with van der Waals surface area (Å²) in [4.78, 5) is 0. The van der Waals surface area contributed by atoms with Gasteiger partial charge in [-0.1, -0.05) is 44.2 Å². The number of methoxy groups -OCH3 is 1. The first-order chi connectivity index (χ1) is 12.1. The lowest BCUT2D eigenvalue weighted by Gasteiger charge is -2.30. The van der Waals surface area contributed by atoms with Crippen molar-refractivity contribution in [3.8, 4) is 5.75 Å². The van der Waals surface area contributed by atoms with Crippen LogP contribution >= 0.6 is 0 Å². The Morgan fingerprint density at radius 1 is 1.16 bits per heavy atom. The highest BCUT2D eigenvalue weighted by atomic mass is 16.6. The second-order valence-corrected chi connectivity index (χ2v) is 7.07. The second-order valence-electron chi connectivity index (χ2n) is 7.07. The van der Waals surface area contributed by atoms with Gasteiger partial charge in [-0.3, -0.25) is 0 Å². The van der Waals surface area contributed by atoms with Crippen LogP contribution in [0.5, 0.6) is 5.75 Å². The predicted octanol–water partition coefficient (Wildman–Crippen LogP) is 3.66. The van der Waals surface area contributed by atoms with Gasteiger partial charge in [0.25, 0.3) is 0 Å². The highest BCUT2D eigenvalue weighted by molar-refractivity contribution is 5.43. The molecular weight excluding hydrogens is 316 g/mol. The molecule has 1 aromatic rings. The van der Waals surface area contributed by atoms with Crippen LogP contribution in [0.15, 0.2) is 48.1 Å². The fourth-order valence-corrected chi connectivity index (χ4v) is 2.96. The van der Waals surface area contributed by atoms with Gasteiger partial charge in [0.2, 0.25) is 0 Å². The number of hydrogen-bond donors (Lipinski definition) is 0. The van der Waals surface area contributed by atoms with E-state index < -0.39 is 0 Å². The molecule has 2 unspecified atom stereocenters. The summed E-state index contributed by atoms with van der Waals surface area (Å²) in [7, 11) is 1.69. The Kier molecular flexibility index (Phi) is 5.94. The van der Waals surface area contributed by atoms with E-state index in [1.54, 1.807) is 7.11 Å². The third-order valence-electron chi connectivity index (χ3n) is 4.82. The molecule has 2 atom stereocenters. The van der Waals surface area contributed by atoms with Crippen molar-refractivity contribution in [2.45, 2.75) is 37.9 Å². The van der Waals surface area contributed by atoms with Gasteiger partial charge in [-0.15, -0.1) is 0 Å². The summed E-state index contributed by atoms with van der Waals surface area (Å²) in [6.07, 6.45) is 7.96. The second kappa shape index (κ2) is 8.17. The molecule has 0 N–H and O–H groups in total. The molecule has 4 nitrogen and oxygen atoms in total. The zero-order valence-corrected chi connectivity index (χ0v) is 15.4. The maximum atomic E-state index is 5.77. The zero-order valence-electron chi connectivity index (χ0n) is 15.4. The van der Waals surface area contributed by atoms with Crippen LogP contribution in [0.2, 0.25) is 0 Å². The molecule has 1 fully saturated rings. The minimum Gasteiger partial charge on any atom is -0.491 e. The highest BCUT2D eigenvalue weighted by Gasteiger charge is 2.26. The van der Waals surface area contributed by atoms with Gasteiger partial charge in [-0.05, 0) is 29.7 Å². The first-order valence-electron chi connectivity index (χ1n) is 8.94. The minimum atomic E-state index is -0.0495. The molecule has 0 amide bonds. The molecular formula is C21H28O4. The van der Waals surface area contributed by atoms with Gasteiger partial charge in [0.1, 0.15) is 18.5 Å². The SMILES string of the molecule is COCCOC1C=CC(C(C)(C)c2ccc(OCC3CO3)cc2)=CC1. The van der Waals surface area contributed by atoms with E-state index in [-0.39, 0.29) is 17.6 Å². The Morgan fingerprint density at radius 2 is 1.92 bits per heavy atom. The Bertz CT molecular complexity index is 611. The average Bonchev–Trinajstić information content (AvgIpc) is 3.45. The normalized spacial score (nSPS) is 22.6. The van der Waals surface area contributed by atoms with Crippen LogP contribution in [0.1, 0.15) is 25.8 Å². The van der Waals surface area contributed by atoms with Crippen molar-refractivity contribution < 1.29 is 18.9 Å². The molecule has 3 rings (SSSR count). The van der Waals surface area contributed by atoms with Crippen LogP contribution in [-0.2, 0) is 19.6 Å². The molecule has 0 aromatic heterocycles. The smallest absolute Gasteiger partial charge is 0.119 e. The first-order valence-corrected chi connectivity index (χ1v) is 8.94. The topological polar surface area (TPSA) is 40.2 Å². The van der Waals surface area contributed by atoms with E-state index in [9.17, 15) is 0 Å². The third kappa shape index (κ3) is 4.94. The number of allylic oxidation sites excluding steroid dienone is 2. The van der Waals surface area contributed by atoms with Crippen molar-refractivity contribution in [3.63, 3.8) is 0 Å². The third-order valence-corrected chi connectivity index (χ3v) is 4.82. The molecule has 1 saturated heterocycles. The Balaban J connectivity index is 1.58. The summed E-state index contributed by atoms with van der Waals surface area (Å²) in [6, 6.07) is 8.39. The summed E-state index contributed by atoms with van der Waals surface area (Å²) in [5.41, 5.74) is 2.54. The van der Waals surface area contributed by atoms with Gasteiger partial charge in [-0.2, -0.15) is 0 Å². The van der Waals surface area contributed by atoms with Crippen molar-refractivity contribution >= 4 is 0 Å². The highest BCUT2D eigenvalue weighted by Crippen LogP contribution is 2.35. The Labute approximate surface area is 150 Å². The number of ether oxygens (including phenoxy) is 4.